The van der Waals surface area contributed by atoms with Crippen LogP contribution in [0.2, 0.25) is 0 Å². The minimum Gasteiger partial charge on any atom is -0.264 e. The van der Waals surface area contributed by atoms with E-state index < -0.39 is 5.41 Å². The van der Waals surface area contributed by atoms with Crippen LogP contribution < -0.4 is 0 Å². The maximum atomic E-state index is 5.15. The third-order valence-corrected chi connectivity index (χ3v) is 9.23. The van der Waals surface area contributed by atoms with Gasteiger partial charge in [-0.05, 0) is 68.8 Å². The average molecular weight is 574 g/mol. The van der Waals surface area contributed by atoms with Crippen molar-refractivity contribution in [2.45, 2.75) is 5.41 Å². The fourth-order valence-electron chi connectivity index (χ4n) is 7.29. The van der Waals surface area contributed by atoms with Crippen LogP contribution in [-0.4, -0.2) is 15.0 Å². The van der Waals surface area contributed by atoms with E-state index in [1.165, 1.54) is 44.5 Å². The first-order chi connectivity index (χ1) is 22.3. The van der Waals surface area contributed by atoms with Gasteiger partial charge in [0.1, 0.15) is 0 Å². The van der Waals surface area contributed by atoms with E-state index in [2.05, 4.69) is 126 Å². The lowest BCUT2D eigenvalue weighted by Gasteiger charge is -2.35. The Morgan fingerprint density at radius 1 is 0.422 bits per heavy atom. The van der Waals surface area contributed by atoms with E-state index in [-0.39, 0.29) is 0 Å². The van der Waals surface area contributed by atoms with Crippen molar-refractivity contribution in [3.8, 4) is 45.0 Å². The van der Waals surface area contributed by atoms with Gasteiger partial charge in [0.2, 0.25) is 0 Å². The molecule has 0 N–H and O–H groups in total. The highest BCUT2D eigenvalue weighted by molar-refractivity contribution is 5.92. The largest absolute Gasteiger partial charge is 0.264 e. The number of hydrogen-bond donors (Lipinski definition) is 0. The monoisotopic (exact) mass is 573 g/mol. The van der Waals surface area contributed by atoms with Gasteiger partial charge in [-0.3, -0.25) is 4.98 Å². The molecule has 7 aromatic rings. The van der Waals surface area contributed by atoms with Gasteiger partial charge in [-0.25, -0.2) is 9.97 Å². The zero-order chi connectivity index (χ0) is 29.8. The van der Waals surface area contributed by atoms with E-state index in [9.17, 15) is 0 Å². The summed E-state index contributed by atoms with van der Waals surface area (Å²) in [5.74, 6) is 0.658. The van der Waals surface area contributed by atoms with Crippen molar-refractivity contribution in [1.29, 1.82) is 0 Å². The molecule has 5 aromatic carbocycles. The summed E-state index contributed by atoms with van der Waals surface area (Å²) in [7, 11) is 0. The quantitative estimate of drug-likeness (QED) is 0.211. The van der Waals surface area contributed by atoms with Crippen molar-refractivity contribution in [2.75, 3.05) is 0 Å². The number of rotatable bonds is 3. The molecule has 9 rings (SSSR count). The van der Waals surface area contributed by atoms with Gasteiger partial charge in [-0.15, -0.1) is 0 Å². The molecule has 2 heterocycles. The van der Waals surface area contributed by atoms with Crippen molar-refractivity contribution in [3.63, 3.8) is 0 Å². The summed E-state index contributed by atoms with van der Waals surface area (Å²) in [5.41, 5.74) is 14.4. The Bertz CT molecular complexity index is 2170. The second-order valence-corrected chi connectivity index (χ2v) is 11.6. The van der Waals surface area contributed by atoms with Crippen LogP contribution in [-0.2, 0) is 5.41 Å². The van der Waals surface area contributed by atoms with Crippen LogP contribution in [0.3, 0.4) is 0 Å². The highest BCUT2D eigenvalue weighted by Crippen LogP contribution is 2.58. The predicted molar refractivity (Wildman–Crippen MR) is 182 cm³/mol. The Hall–Kier alpha value is -5.93. The topological polar surface area (TPSA) is 38.7 Å². The van der Waals surface area contributed by atoms with E-state index in [0.717, 1.165) is 28.1 Å². The molecular weight excluding hydrogens is 546 g/mol. The molecule has 3 nitrogen and oxygen atoms in total. The van der Waals surface area contributed by atoms with E-state index in [4.69, 9.17) is 9.97 Å². The zero-order valence-electron chi connectivity index (χ0n) is 24.4. The van der Waals surface area contributed by atoms with Crippen LogP contribution in [0.5, 0.6) is 0 Å². The molecule has 0 atom stereocenters. The fraction of sp³-hybridized carbons (Fsp3) is 0.0238. The smallest absolute Gasteiger partial charge is 0.161 e. The SMILES string of the molecule is C1=Cc2ccc(-c3cc(-c4ccccc4)nc(-c4cccnc4)n3)cc2C2(c3ccccc31)c1ccccc1-c1ccccc12. The standard InChI is InChI=1S/C42H27N3/c1-2-12-30(13-3-1)39-26-40(45-41(44-39)32-14-10-24-43-27-32)31-23-22-29-21-20-28-11-4-7-17-35(28)42(38(29)25-31)36-18-8-5-15-33(36)34-16-6-9-19-37(34)42/h1-27H. The molecular formula is C42H27N3. The van der Waals surface area contributed by atoms with Gasteiger partial charge in [0, 0.05) is 29.1 Å². The third kappa shape index (κ3) is 3.87. The maximum absolute atomic E-state index is 5.15. The lowest BCUT2D eigenvalue weighted by molar-refractivity contribution is 0.766. The van der Waals surface area contributed by atoms with Crippen LogP contribution >= 0.6 is 0 Å². The molecule has 0 radical (unpaired) electrons. The fourth-order valence-corrected chi connectivity index (χ4v) is 7.29. The summed E-state index contributed by atoms with van der Waals surface area (Å²) in [5, 5.41) is 0. The first-order valence-electron chi connectivity index (χ1n) is 15.3. The Morgan fingerprint density at radius 2 is 1.02 bits per heavy atom. The predicted octanol–water partition coefficient (Wildman–Crippen LogP) is 9.72. The van der Waals surface area contributed by atoms with Crippen molar-refractivity contribution in [3.05, 3.63) is 185 Å². The molecule has 2 aliphatic carbocycles. The van der Waals surface area contributed by atoms with Crippen LogP contribution in [0.1, 0.15) is 33.4 Å². The lowest BCUT2D eigenvalue weighted by Crippen LogP contribution is -2.30. The highest BCUT2D eigenvalue weighted by Gasteiger charge is 2.48. The molecule has 0 unspecified atom stereocenters. The molecule has 0 amide bonds. The van der Waals surface area contributed by atoms with E-state index >= 15 is 0 Å². The van der Waals surface area contributed by atoms with Crippen molar-refractivity contribution < 1.29 is 0 Å². The van der Waals surface area contributed by atoms with Gasteiger partial charge in [-0.1, -0.05) is 127 Å². The number of hydrogen-bond acceptors (Lipinski definition) is 3. The molecule has 1 spiro atoms. The van der Waals surface area contributed by atoms with E-state index in [1.54, 1.807) is 6.20 Å². The number of pyridine rings is 1. The molecule has 2 aliphatic rings. The maximum Gasteiger partial charge on any atom is 0.161 e. The second kappa shape index (κ2) is 10.1. The van der Waals surface area contributed by atoms with Gasteiger partial charge in [-0.2, -0.15) is 0 Å². The van der Waals surface area contributed by atoms with Crippen LogP contribution in [0.25, 0.3) is 57.2 Å². The average Bonchev–Trinajstić information content (AvgIpc) is 3.33. The van der Waals surface area contributed by atoms with Crippen LogP contribution in [0.4, 0.5) is 0 Å². The molecule has 3 heteroatoms. The second-order valence-electron chi connectivity index (χ2n) is 11.6. The Morgan fingerprint density at radius 3 is 1.73 bits per heavy atom. The first kappa shape index (κ1) is 25.6. The van der Waals surface area contributed by atoms with E-state index in [1.807, 2.05) is 36.5 Å². The van der Waals surface area contributed by atoms with Crippen LogP contribution in [0, 0.1) is 0 Å². The van der Waals surface area contributed by atoms with Crippen molar-refractivity contribution in [2.24, 2.45) is 0 Å². The summed E-state index contributed by atoms with van der Waals surface area (Å²) in [6.45, 7) is 0. The van der Waals surface area contributed by atoms with Crippen LogP contribution in [0.15, 0.2) is 152 Å². The molecule has 0 fully saturated rings. The Labute approximate surface area is 262 Å². The molecule has 0 saturated heterocycles. The Balaban J connectivity index is 1.34. The summed E-state index contributed by atoms with van der Waals surface area (Å²) in [4.78, 5) is 14.5. The van der Waals surface area contributed by atoms with Crippen molar-refractivity contribution >= 4 is 12.2 Å². The molecule has 210 valence electrons. The molecule has 0 saturated carbocycles. The van der Waals surface area contributed by atoms with Crippen molar-refractivity contribution in [1.82, 2.24) is 15.0 Å². The van der Waals surface area contributed by atoms with Gasteiger partial charge >= 0.3 is 0 Å². The van der Waals surface area contributed by atoms with E-state index in [0.29, 0.717) is 5.82 Å². The minimum absolute atomic E-state index is 0.486. The number of benzene rings is 5. The normalized spacial score (nSPS) is 13.4. The first-order valence-corrected chi connectivity index (χ1v) is 15.3. The number of aromatic nitrogens is 3. The number of fused-ring (bicyclic) bond motifs is 9. The molecule has 0 aliphatic heterocycles. The zero-order valence-corrected chi connectivity index (χ0v) is 24.4. The number of nitrogens with zero attached hydrogens (tertiary/aromatic N) is 3. The summed E-state index contributed by atoms with van der Waals surface area (Å²) in [6.07, 6.45) is 8.14. The Kier molecular flexibility index (Phi) is 5.72. The third-order valence-electron chi connectivity index (χ3n) is 9.23. The van der Waals surface area contributed by atoms with Gasteiger partial charge in [0.05, 0.1) is 16.8 Å². The molecule has 2 aromatic heterocycles. The molecule has 45 heavy (non-hydrogen) atoms. The highest BCUT2D eigenvalue weighted by atomic mass is 14.9. The summed E-state index contributed by atoms with van der Waals surface area (Å²) < 4.78 is 0. The van der Waals surface area contributed by atoms with Gasteiger partial charge in [0.15, 0.2) is 5.82 Å². The molecule has 0 bridgehead atoms. The summed E-state index contributed by atoms with van der Waals surface area (Å²) >= 11 is 0. The minimum atomic E-state index is -0.486. The van der Waals surface area contributed by atoms with Gasteiger partial charge < -0.3 is 0 Å². The lowest BCUT2D eigenvalue weighted by atomic mass is 9.66. The summed E-state index contributed by atoms with van der Waals surface area (Å²) in [6, 6.07) is 49.9. The van der Waals surface area contributed by atoms with Gasteiger partial charge in [0.25, 0.3) is 0 Å².